The standard InChI is InChI=1S/C21H24N4O6S/c1-24(31-4)32(27,28)17-9-5-7-15(13-17)21(26)23-19-11-12-22-25(19)14-16-8-6-10-18(29-2)20(16)30-3/h5-13H,14H2,1-4H3,(H,23,26). The minimum Gasteiger partial charge on any atom is -0.493 e. The van der Waals surface area contributed by atoms with Gasteiger partial charge >= 0.3 is 0 Å². The maximum absolute atomic E-state index is 12.8. The molecule has 0 fully saturated rings. The number of benzene rings is 2. The minimum absolute atomic E-state index is 0.0656. The number of para-hydroxylation sites is 1. The van der Waals surface area contributed by atoms with Gasteiger partial charge in [0.25, 0.3) is 15.9 Å². The highest BCUT2D eigenvalue weighted by molar-refractivity contribution is 7.89. The number of amides is 1. The molecule has 0 saturated heterocycles. The second-order valence-electron chi connectivity index (χ2n) is 6.61. The maximum Gasteiger partial charge on any atom is 0.264 e. The number of ether oxygens (including phenoxy) is 2. The molecule has 32 heavy (non-hydrogen) atoms. The third-order valence-electron chi connectivity index (χ3n) is 4.75. The number of methoxy groups -OCH3 is 2. The van der Waals surface area contributed by atoms with Crippen molar-refractivity contribution in [3.63, 3.8) is 0 Å². The van der Waals surface area contributed by atoms with Gasteiger partial charge in [-0.1, -0.05) is 22.7 Å². The summed E-state index contributed by atoms with van der Waals surface area (Å²) in [6.45, 7) is 0.316. The molecule has 1 N–H and O–H groups in total. The zero-order chi connectivity index (χ0) is 23.3. The SMILES string of the molecule is COc1cccc(Cn2nccc2NC(=O)c2cccc(S(=O)(=O)N(C)OC)c2)c1OC. The summed E-state index contributed by atoms with van der Waals surface area (Å²) in [7, 11) is 1.74. The van der Waals surface area contributed by atoms with E-state index in [1.54, 1.807) is 37.2 Å². The summed E-state index contributed by atoms with van der Waals surface area (Å²) >= 11 is 0. The van der Waals surface area contributed by atoms with Crippen molar-refractivity contribution < 1.29 is 27.5 Å². The Hall–Kier alpha value is -3.41. The number of hydroxylamine groups is 1. The summed E-state index contributed by atoms with van der Waals surface area (Å²) in [6, 6.07) is 12.8. The van der Waals surface area contributed by atoms with E-state index in [-0.39, 0.29) is 10.5 Å². The lowest BCUT2D eigenvalue weighted by Gasteiger charge is -2.15. The molecule has 3 aromatic rings. The topological polar surface area (TPSA) is 112 Å². The Labute approximate surface area is 186 Å². The van der Waals surface area contributed by atoms with Gasteiger partial charge in [0, 0.05) is 24.2 Å². The van der Waals surface area contributed by atoms with Gasteiger partial charge in [-0.2, -0.15) is 5.10 Å². The number of anilines is 1. The average molecular weight is 461 g/mol. The van der Waals surface area contributed by atoms with Crippen molar-refractivity contribution in [2.24, 2.45) is 0 Å². The van der Waals surface area contributed by atoms with Gasteiger partial charge in [-0.05, 0) is 24.3 Å². The van der Waals surface area contributed by atoms with Gasteiger partial charge in [-0.3, -0.25) is 9.63 Å². The van der Waals surface area contributed by atoms with Crippen LogP contribution in [0.4, 0.5) is 5.82 Å². The highest BCUT2D eigenvalue weighted by Gasteiger charge is 2.22. The number of hydrogen-bond donors (Lipinski definition) is 1. The molecule has 1 heterocycles. The van der Waals surface area contributed by atoms with Crippen molar-refractivity contribution in [2.75, 3.05) is 33.7 Å². The van der Waals surface area contributed by atoms with Crippen LogP contribution in [0.3, 0.4) is 0 Å². The van der Waals surface area contributed by atoms with E-state index in [9.17, 15) is 13.2 Å². The zero-order valence-corrected chi connectivity index (χ0v) is 18.9. The quantitative estimate of drug-likeness (QED) is 0.488. The number of carbonyl (C=O) groups excluding carboxylic acids is 1. The number of rotatable bonds is 9. The van der Waals surface area contributed by atoms with E-state index in [4.69, 9.17) is 14.3 Å². The number of nitrogens with one attached hydrogen (secondary N) is 1. The predicted octanol–water partition coefficient (Wildman–Crippen LogP) is 2.38. The van der Waals surface area contributed by atoms with Crippen LogP contribution in [0.5, 0.6) is 11.5 Å². The van der Waals surface area contributed by atoms with Crippen LogP contribution in [-0.2, 0) is 21.4 Å². The first kappa shape index (κ1) is 23.3. The first-order valence-electron chi connectivity index (χ1n) is 9.48. The molecule has 1 aromatic heterocycles. The van der Waals surface area contributed by atoms with Crippen molar-refractivity contribution in [1.82, 2.24) is 14.2 Å². The van der Waals surface area contributed by atoms with Crippen molar-refractivity contribution in [1.29, 1.82) is 0 Å². The number of carbonyl (C=O) groups is 1. The van der Waals surface area contributed by atoms with Gasteiger partial charge in [-0.15, -0.1) is 0 Å². The molecule has 2 aromatic carbocycles. The summed E-state index contributed by atoms with van der Waals surface area (Å²) < 4.78 is 38.0. The van der Waals surface area contributed by atoms with Gasteiger partial charge in [-0.25, -0.2) is 13.1 Å². The lowest BCUT2D eigenvalue weighted by molar-refractivity contribution is -0.0258. The molecular formula is C21H24N4O6S. The van der Waals surface area contributed by atoms with E-state index in [1.165, 1.54) is 38.4 Å². The monoisotopic (exact) mass is 460 g/mol. The molecule has 11 heteroatoms. The molecule has 0 unspecified atom stereocenters. The van der Waals surface area contributed by atoms with Crippen molar-refractivity contribution in [2.45, 2.75) is 11.4 Å². The van der Waals surface area contributed by atoms with Gasteiger partial charge in [0.1, 0.15) is 5.82 Å². The molecule has 10 nitrogen and oxygen atoms in total. The maximum atomic E-state index is 12.8. The molecule has 1 amide bonds. The smallest absolute Gasteiger partial charge is 0.264 e. The van der Waals surface area contributed by atoms with Crippen molar-refractivity contribution in [3.8, 4) is 11.5 Å². The summed E-state index contributed by atoms with van der Waals surface area (Å²) in [5.74, 6) is 1.10. The minimum atomic E-state index is -3.88. The lowest BCUT2D eigenvalue weighted by atomic mass is 10.2. The second-order valence-corrected chi connectivity index (χ2v) is 8.54. The van der Waals surface area contributed by atoms with Crippen LogP contribution < -0.4 is 14.8 Å². The molecule has 0 aliphatic heterocycles. The number of aromatic nitrogens is 2. The largest absolute Gasteiger partial charge is 0.493 e. The van der Waals surface area contributed by atoms with E-state index in [0.717, 1.165) is 10.0 Å². The summed E-state index contributed by atoms with van der Waals surface area (Å²) in [5, 5.41) is 7.03. The predicted molar refractivity (Wildman–Crippen MR) is 117 cm³/mol. The van der Waals surface area contributed by atoms with Crippen LogP contribution in [0.25, 0.3) is 0 Å². The van der Waals surface area contributed by atoms with Gasteiger partial charge in [0.05, 0.1) is 39.0 Å². The highest BCUT2D eigenvalue weighted by Crippen LogP contribution is 2.31. The molecule has 0 bridgehead atoms. The Morgan fingerprint density at radius 3 is 2.53 bits per heavy atom. The normalized spacial score (nSPS) is 11.4. The lowest BCUT2D eigenvalue weighted by Crippen LogP contribution is -2.26. The second kappa shape index (κ2) is 9.81. The van der Waals surface area contributed by atoms with Crippen LogP contribution in [0, 0.1) is 0 Å². The Bertz CT molecular complexity index is 1210. The molecule has 0 atom stereocenters. The van der Waals surface area contributed by atoms with E-state index in [2.05, 4.69) is 10.4 Å². The summed E-state index contributed by atoms with van der Waals surface area (Å²) in [6.07, 6.45) is 1.55. The van der Waals surface area contributed by atoms with Crippen LogP contribution in [0.1, 0.15) is 15.9 Å². The first-order valence-corrected chi connectivity index (χ1v) is 10.9. The third-order valence-corrected chi connectivity index (χ3v) is 6.43. The van der Waals surface area contributed by atoms with Gasteiger partial charge < -0.3 is 14.8 Å². The highest BCUT2D eigenvalue weighted by atomic mass is 32.2. The number of nitrogens with zero attached hydrogens (tertiary/aromatic N) is 3. The van der Waals surface area contributed by atoms with E-state index < -0.39 is 15.9 Å². The average Bonchev–Trinajstić information content (AvgIpc) is 3.24. The van der Waals surface area contributed by atoms with Crippen molar-refractivity contribution in [3.05, 3.63) is 65.9 Å². The first-order chi connectivity index (χ1) is 15.3. The fourth-order valence-electron chi connectivity index (χ4n) is 3.04. The molecular weight excluding hydrogens is 436 g/mol. The third kappa shape index (κ3) is 4.74. The fourth-order valence-corrected chi connectivity index (χ4v) is 4.06. The molecule has 0 radical (unpaired) electrons. The molecule has 0 spiro atoms. The Kier molecular flexibility index (Phi) is 7.13. The molecule has 0 saturated carbocycles. The van der Waals surface area contributed by atoms with E-state index in [1.807, 2.05) is 12.1 Å². The van der Waals surface area contributed by atoms with Crippen molar-refractivity contribution >= 4 is 21.7 Å². The van der Waals surface area contributed by atoms with E-state index >= 15 is 0 Å². The van der Waals surface area contributed by atoms with Crippen LogP contribution in [0.15, 0.2) is 59.6 Å². The summed E-state index contributed by atoms with van der Waals surface area (Å²) in [4.78, 5) is 17.5. The van der Waals surface area contributed by atoms with Crippen LogP contribution >= 0.6 is 0 Å². The molecule has 170 valence electrons. The molecule has 3 rings (SSSR count). The molecule has 0 aliphatic rings. The van der Waals surface area contributed by atoms with Crippen LogP contribution in [-0.4, -0.2) is 57.0 Å². The number of sulfonamides is 1. The Morgan fingerprint density at radius 2 is 1.84 bits per heavy atom. The number of hydrogen-bond acceptors (Lipinski definition) is 7. The summed E-state index contributed by atoms with van der Waals surface area (Å²) in [5.41, 5.74) is 0.976. The Morgan fingerprint density at radius 1 is 1.09 bits per heavy atom. The zero-order valence-electron chi connectivity index (χ0n) is 18.1. The Balaban J connectivity index is 1.84. The molecule has 0 aliphatic carbocycles. The van der Waals surface area contributed by atoms with Gasteiger partial charge in [0.2, 0.25) is 0 Å². The van der Waals surface area contributed by atoms with Crippen LogP contribution in [0.2, 0.25) is 0 Å². The van der Waals surface area contributed by atoms with Gasteiger partial charge in [0.15, 0.2) is 11.5 Å². The fraction of sp³-hybridized carbons (Fsp3) is 0.238. The van der Waals surface area contributed by atoms with E-state index in [0.29, 0.717) is 23.9 Å².